The van der Waals surface area contributed by atoms with Crippen LogP contribution in [0.3, 0.4) is 0 Å². The van der Waals surface area contributed by atoms with Crippen LogP contribution in [0, 0.1) is 0 Å². The molecular formula is C24H24ClNO4. The number of carbonyl (C=O) groups excluding carboxylic acids is 1. The minimum atomic E-state index is -0.330. The molecular weight excluding hydrogens is 402 g/mol. The van der Waals surface area contributed by atoms with Gasteiger partial charge in [0.25, 0.3) is 5.91 Å². The van der Waals surface area contributed by atoms with Gasteiger partial charge in [0.05, 0.1) is 25.8 Å². The smallest absolute Gasteiger partial charge is 0.255 e. The molecule has 30 heavy (non-hydrogen) atoms. The van der Waals surface area contributed by atoms with Crippen molar-refractivity contribution >= 4 is 17.5 Å². The van der Waals surface area contributed by atoms with E-state index in [1.807, 2.05) is 55.5 Å². The van der Waals surface area contributed by atoms with Crippen LogP contribution in [-0.4, -0.2) is 20.1 Å². The van der Waals surface area contributed by atoms with E-state index in [1.54, 1.807) is 32.4 Å². The van der Waals surface area contributed by atoms with Gasteiger partial charge in [0, 0.05) is 10.6 Å². The second-order valence-electron chi connectivity index (χ2n) is 6.72. The van der Waals surface area contributed by atoms with Crippen molar-refractivity contribution in [3.8, 4) is 17.2 Å². The van der Waals surface area contributed by atoms with Crippen molar-refractivity contribution < 1.29 is 19.0 Å². The highest BCUT2D eigenvalue weighted by molar-refractivity contribution is 6.31. The number of hydrogen-bond acceptors (Lipinski definition) is 4. The first-order valence-corrected chi connectivity index (χ1v) is 9.88. The topological polar surface area (TPSA) is 56.8 Å². The van der Waals surface area contributed by atoms with Gasteiger partial charge in [-0.1, -0.05) is 41.9 Å². The largest absolute Gasteiger partial charge is 0.497 e. The Morgan fingerprint density at radius 3 is 2.40 bits per heavy atom. The van der Waals surface area contributed by atoms with E-state index in [1.165, 1.54) is 0 Å². The Morgan fingerprint density at radius 1 is 0.967 bits per heavy atom. The zero-order valence-corrected chi connectivity index (χ0v) is 17.9. The molecule has 6 heteroatoms. The summed E-state index contributed by atoms with van der Waals surface area (Å²) in [7, 11) is 3.18. The highest BCUT2D eigenvalue weighted by Gasteiger charge is 2.19. The molecule has 0 aromatic heterocycles. The monoisotopic (exact) mass is 425 g/mol. The fraction of sp³-hybridized carbons (Fsp3) is 0.208. The molecule has 3 aromatic rings. The van der Waals surface area contributed by atoms with Crippen molar-refractivity contribution in [2.75, 3.05) is 14.2 Å². The molecule has 0 heterocycles. The number of methoxy groups -OCH3 is 2. The molecule has 5 nitrogen and oxygen atoms in total. The zero-order chi connectivity index (χ0) is 21.5. The molecule has 1 amide bonds. The van der Waals surface area contributed by atoms with Gasteiger partial charge in [-0.25, -0.2) is 0 Å². The first-order chi connectivity index (χ1) is 14.5. The van der Waals surface area contributed by atoms with Crippen LogP contribution < -0.4 is 19.5 Å². The summed E-state index contributed by atoms with van der Waals surface area (Å²) in [5.74, 6) is 1.51. The van der Waals surface area contributed by atoms with Crippen LogP contribution in [0.4, 0.5) is 0 Å². The van der Waals surface area contributed by atoms with E-state index in [4.69, 9.17) is 25.8 Å². The number of benzene rings is 3. The van der Waals surface area contributed by atoms with Gasteiger partial charge in [0.2, 0.25) is 0 Å². The quantitative estimate of drug-likeness (QED) is 0.523. The molecule has 0 aliphatic heterocycles. The van der Waals surface area contributed by atoms with Crippen molar-refractivity contribution in [1.29, 1.82) is 0 Å². The molecule has 0 saturated heterocycles. The lowest BCUT2D eigenvalue weighted by Crippen LogP contribution is -2.27. The van der Waals surface area contributed by atoms with Gasteiger partial charge >= 0.3 is 0 Å². The third-order valence-electron chi connectivity index (χ3n) is 4.67. The molecule has 0 fully saturated rings. The minimum Gasteiger partial charge on any atom is -0.497 e. The summed E-state index contributed by atoms with van der Waals surface area (Å²) in [6.07, 6.45) is 0. The van der Waals surface area contributed by atoms with E-state index in [2.05, 4.69) is 5.32 Å². The molecule has 0 radical (unpaired) electrons. The van der Waals surface area contributed by atoms with Gasteiger partial charge in [0.15, 0.2) is 0 Å². The van der Waals surface area contributed by atoms with Gasteiger partial charge in [0.1, 0.15) is 23.9 Å². The number of rotatable bonds is 8. The van der Waals surface area contributed by atoms with Crippen LogP contribution in [0.1, 0.15) is 34.5 Å². The number of ether oxygens (including phenoxy) is 3. The first-order valence-electron chi connectivity index (χ1n) is 9.51. The average molecular weight is 426 g/mol. The Bertz CT molecular complexity index is 1010. The summed E-state index contributed by atoms with van der Waals surface area (Å²) in [6, 6.07) is 19.9. The van der Waals surface area contributed by atoms with Crippen molar-refractivity contribution in [1.82, 2.24) is 5.32 Å². The second kappa shape index (κ2) is 10.0. The maximum Gasteiger partial charge on any atom is 0.255 e. The fourth-order valence-electron chi connectivity index (χ4n) is 3.07. The molecule has 0 bridgehead atoms. The van der Waals surface area contributed by atoms with Crippen molar-refractivity contribution in [2.45, 2.75) is 19.6 Å². The Balaban J connectivity index is 1.80. The van der Waals surface area contributed by atoms with E-state index in [0.29, 0.717) is 34.4 Å². The predicted molar refractivity (Wildman–Crippen MR) is 118 cm³/mol. The van der Waals surface area contributed by atoms with Gasteiger partial charge in [-0.05, 0) is 48.9 Å². The van der Waals surface area contributed by atoms with Crippen molar-refractivity contribution in [2.24, 2.45) is 0 Å². The summed E-state index contributed by atoms with van der Waals surface area (Å²) in [6.45, 7) is 2.23. The average Bonchev–Trinajstić information content (AvgIpc) is 2.78. The Labute approximate surface area is 181 Å². The molecule has 0 unspecified atom stereocenters. The van der Waals surface area contributed by atoms with Crippen LogP contribution in [0.2, 0.25) is 5.02 Å². The molecule has 3 rings (SSSR count). The Hall–Kier alpha value is -3.18. The maximum absolute atomic E-state index is 13.0. The molecule has 3 aromatic carbocycles. The summed E-state index contributed by atoms with van der Waals surface area (Å²) in [5.41, 5.74) is 2.18. The van der Waals surface area contributed by atoms with Crippen molar-refractivity contribution in [3.63, 3.8) is 0 Å². The first kappa shape index (κ1) is 21.5. The van der Waals surface area contributed by atoms with E-state index in [-0.39, 0.29) is 11.9 Å². The fourth-order valence-corrected chi connectivity index (χ4v) is 3.24. The summed E-state index contributed by atoms with van der Waals surface area (Å²) < 4.78 is 16.6. The number of hydrogen-bond donors (Lipinski definition) is 1. The van der Waals surface area contributed by atoms with Crippen LogP contribution in [0.5, 0.6) is 17.2 Å². The van der Waals surface area contributed by atoms with E-state index in [0.717, 1.165) is 11.1 Å². The number of nitrogens with one attached hydrogen (secondary N) is 1. The number of halogens is 1. The van der Waals surface area contributed by atoms with E-state index in [9.17, 15) is 4.79 Å². The van der Waals surface area contributed by atoms with Crippen LogP contribution in [0.25, 0.3) is 0 Å². The normalized spacial score (nSPS) is 11.5. The van der Waals surface area contributed by atoms with Gasteiger partial charge in [-0.3, -0.25) is 4.79 Å². The van der Waals surface area contributed by atoms with Gasteiger partial charge < -0.3 is 19.5 Å². The highest BCUT2D eigenvalue weighted by Crippen LogP contribution is 2.30. The molecule has 0 aliphatic rings. The SMILES string of the molecule is COc1ccc(OC)c([C@H](C)NC(=O)c2cc(Cl)ccc2OCc2ccccc2)c1. The molecule has 0 saturated carbocycles. The third-order valence-corrected chi connectivity index (χ3v) is 4.91. The minimum absolute atomic E-state index is 0.294. The summed E-state index contributed by atoms with van der Waals surface area (Å²) >= 11 is 6.15. The van der Waals surface area contributed by atoms with Gasteiger partial charge in [-0.15, -0.1) is 0 Å². The number of carbonyl (C=O) groups is 1. The molecule has 1 N–H and O–H groups in total. The standard InChI is InChI=1S/C24H24ClNO4/c1-16(20-14-19(28-2)10-12-22(20)29-3)26-24(27)21-13-18(25)9-11-23(21)30-15-17-7-5-4-6-8-17/h4-14,16H,15H2,1-3H3,(H,26,27)/t16-/m0/s1. The lowest BCUT2D eigenvalue weighted by molar-refractivity contribution is 0.0935. The van der Waals surface area contributed by atoms with Crippen LogP contribution in [-0.2, 0) is 6.61 Å². The lowest BCUT2D eigenvalue weighted by Gasteiger charge is -2.19. The Kier molecular flexibility index (Phi) is 7.20. The zero-order valence-electron chi connectivity index (χ0n) is 17.1. The van der Waals surface area contributed by atoms with Crippen LogP contribution >= 0.6 is 11.6 Å². The van der Waals surface area contributed by atoms with E-state index >= 15 is 0 Å². The molecule has 1 atom stereocenters. The van der Waals surface area contributed by atoms with Gasteiger partial charge in [-0.2, -0.15) is 0 Å². The van der Waals surface area contributed by atoms with E-state index < -0.39 is 0 Å². The molecule has 156 valence electrons. The lowest BCUT2D eigenvalue weighted by atomic mass is 10.1. The molecule has 0 aliphatic carbocycles. The second-order valence-corrected chi connectivity index (χ2v) is 7.15. The highest BCUT2D eigenvalue weighted by atomic mass is 35.5. The maximum atomic E-state index is 13.0. The third kappa shape index (κ3) is 5.24. The Morgan fingerprint density at radius 2 is 1.70 bits per heavy atom. The number of amides is 1. The van der Waals surface area contributed by atoms with Crippen LogP contribution in [0.15, 0.2) is 66.7 Å². The van der Waals surface area contributed by atoms with Crippen molar-refractivity contribution in [3.05, 3.63) is 88.4 Å². The summed E-state index contributed by atoms with van der Waals surface area (Å²) in [5, 5.41) is 3.45. The predicted octanol–water partition coefficient (Wildman–Crippen LogP) is 5.43. The molecule has 0 spiro atoms. The summed E-state index contributed by atoms with van der Waals surface area (Å²) in [4.78, 5) is 13.0.